The molecular weight excluding hydrogens is 443 g/mol. The Bertz CT molecular complexity index is 1030. The van der Waals surface area contributed by atoms with E-state index >= 15 is 0 Å². The maximum Gasteiger partial charge on any atom is 0.418 e. The highest BCUT2D eigenvalue weighted by molar-refractivity contribution is 9.10. The first-order valence-corrected chi connectivity index (χ1v) is 8.50. The Kier molecular flexibility index (Phi) is 5.45. The topological polar surface area (TPSA) is 93.0 Å². The van der Waals surface area contributed by atoms with Crippen molar-refractivity contribution in [3.05, 3.63) is 75.0 Å². The van der Waals surface area contributed by atoms with Gasteiger partial charge in [-0.25, -0.2) is 9.97 Å². The van der Waals surface area contributed by atoms with Crippen molar-refractivity contribution >= 4 is 44.6 Å². The van der Waals surface area contributed by atoms with Crippen LogP contribution in [-0.2, 0) is 6.18 Å². The standard InChI is InChI=1S/C17H11BrF3N5O2/c18-10-4-3-5-11(8-10)24-15-14(26(27)28)16(23-9-22-15)25-13-7-2-1-6-12(13)17(19,20)21/h1-9H,(H2,22,23,24,25). The Morgan fingerprint density at radius 2 is 1.68 bits per heavy atom. The lowest BCUT2D eigenvalue weighted by molar-refractivity contribution is -0.383. The van der Waals surface area contributed by atoms with Crippen LogP contribution in [0.1, 0.15) is 5.56 Å². The first-order valence-electron chi connectivity index (χ1n) is 7.71. The Morgan fingerprint density at radius 3 is 2.32 bits per heavy atom. The van der Waals surface area contributed by atoms with Gasteiger partial charge in [0.15, 0.2) is 0 Å². The summed E-state index contributed by atoms with van der Waals surface area (Å²) in [6.45, 7) is 0. The maximum absolute atomic E-state index is 13.2. The lowest BCUT2D eigenvalue weighted by Crippen LogP contribution is -2.10. The zero-order valence-corrected chi connectivity index (χ0v) is 15.5. The largest absolute Gasteiger partial charge is 0.418 e. The van der Waals surface area contributed by atoms with E-state index in [1.807, 2.05) is 0 Å². The van der Waals surface area contributed by atoms with Crippen LogP contribution in [0.2, 0.25) is 0 Å². The average molecular weight is 454 g/mol. The van der Waals surface area contributed by atoms with Crippen LogP contribution in [0.25, 0.3) is 0 Å². The fraction of sp³-hybridized carbons (Fsp3) is 0.0588. The van der Waals surface area contributed by atoms with Crippen LogP contribution in [0, 0.1) is 10.1 Å². The van der Waals surface area contributed by atoms with Crippen LogP contribution in [0.3, 0.4) is 0 Å². The summed E-state index contributed by atoms with van der Waals surface area (Å²) >= 11 is 3.28. The number of rotatable bonds is 5. The van der Waals surface area contributed by atoms with Gasteiger partial charge in [0.1, 0.15) is 6.33 Å². The van der Waals surface area contributed by atoms with E-state index in [-0.39, 0.29) is 17.3 Å². The molecule has 0 radical (unpaired) electrons. The minimum absolute atomic E-state index is 0.162. The summed E-state index contributed by atoms with van der Waals surface area (Å²) in [5.41, 5.74) is -1.41. The van der Waals surface area contributed by atoms with Crippen molar-refractivity contribution in [3.63, 3.8) is 0 Å². The summed E-state index contributed by atoms with van der Waals surface area (Å²) in [6.07, 6.45) is -3.62. The number of anilines is 4. The SMILES string of the molecule is O=[N+]([O-])c1c(Nc2cccc(Br)c2)ncnc1Nc1ccccc1C(F)(F)F. The van der Waals surface area contributed by atoms with Gasteiger partial charge in [0.2, 0.25) is 11.6 Å². The van der Waals surface area contributed by atoms with Gasteiger partial charge in [0.05, 0.1) is 16.2 Å². The van der Waals surface area contributed by atoms with Crippen LogP contribution in [-0.4, -0.2) is 14.9 Å². The normalized spacial score (nSPS) is 11.1. The molecular formula is C17H11BrF3N5O2. The molecule has 0 aliphatic carbocycles. The molecule has 0 amide bonds. The number of hydrogen-bond donors (Lipinski definition) is 2. The number of hydrogen-bond acceptors (Lipinski definition) is 6. The molecule has 28 heavy (non-hydrogen) atoms. The van der Waals surface area contributed by atoms with Gasteiger partial charge in [0.25, 0.3) is 0 Å². The first-order chi connectivity index (χ1) is 13.3. The van der Waals surface area contributed by atoms with E-state index in [1.165, 1.54) is 12.1 Å². The van der Waals surface area contributed by atoms with Gasteiger partial charge >= 0.3 is 11.9 Å². The molecule has 2 aromatic carbocycles. The second-order valence-electron chi connectivity index (χ2n) is 5.48. The third-order valence-corrected chi connectivity index (χ3v) is 4.07. The highest BCUT2D eigenvalue weighted by atomic mass is 79.9. The third kappa shape index (κ3) is 4.36. The predicted molar refractivity (Wildman–Crippen MR) is 101 cm³/mol. The van der Waals surface area contributed by atoms with Crippen molar-refractivity contribution in [2.45, 2.75) is 6.18 Å². The summed E-state index contributed by atoms with van der Waals surface area (Å²) in [5.74, 6) is -0.528. The van der Waals surface area contributed by atoms with Crippen molar-refractivity contribution in [1.82, 2.24) is 9.97 Å². The van der Waals surface area contributed by atoms with Crippen LogP contribution in [0.5, 0.6) is 0 Å². The Labute approximate surface area is 164 Å². The second kappa shape index (κ2) is 7.80. The third-order valence-electron chi connectivity index (χ3n) is 3.58. The van der Waals surface area contributed by atoms with Crippen molar-refractivity contribution in [3.8, 4) is 0 Å². The summed E-state index contributed by atoms with van der Waals surface area (Å²) in [5, 5.41) is 16.8. The number of benzene rings is 2. The van der Waals surface area contributed by atoms with Crippen molar-refractivity contribution < 1.29 is 18.1 Å². The highest BCUT2D eigenvalue weighted by Crippen LogP contribution is 2.38. The number of alkyl halides is 3. The molecule has 0 aliphatic heterocycles. The van der Waals surface area contributed by atoms with Gasteiger partial charge in [-0.1, -0.05) is 34.1 Å². The lowest BCUT2D eigenvalue weighted by Gasteiger charge is -2.14. The molecule has 0 saturated carbocycles. The number of para-hydroxylation sites is 1. The van der Waals surface area contributed by atoms with Crippen LogP contribution in [0.4, 0.5) is 41.9 Å². The molecule has 0 fully saturated rings. The van der Waals surface area contributed by atoms with E-state index in [0.717, 1.165) is 22.9 Å². The predicted octanol–water partition coefficient (Wildman–Crippen LogP) is 5.65. The Hall–Kier alpha value is -3.21. The van der Waals surface area contributed by atoms with Gasteiger partial charge in [-0.2, -0.15) is 13.2 Å². The Balaban J connectivity index is 2.03. The van der Waals surface area contributed by atoms with E-state index in [0.29, 0.717) is 5.69 Å². The minimum Gasteiger partial charge on any atom is -0.334 e. The summed E-state index contributed by atoms with van der Waals surface area (Å²) in [4.78, 5) is 18.4. The summed E-state index contributed by atoms with van der Waals surface area (Å²) in [7, 11) is 0. The van der Waals surface area contributed by atoms with Crippen LogP contribution in [0.15, 0.2) is 59.3 Å². The second-order valence-corrected chi connectivity index (χ2v) is 6.40. The zero-order valence-electron chi connectivity index (χ0n) is 13.9. The molecule has 3 rings (SSSR count). The lowest BCUT2D eigenvalue weighted by atomic mass is 10.1. The van der Waals surface area contributed by atoms with Gasteiger partial charge in [-0.15, -0.1) is 0 Å². The molecule has 1 heterocycles. The van der Waals surface area contributed by atoms with E-state index in [4.69, 9.17) is 0 Å². The van der Waals surface area contributed by atoms with Gasteiger partial charge in [-0.05, 0) is 30.3 Å². The van der Waals surface area contributed by atoms with E-state index < -0.39 is 22.4 Å². The zero-order chi connectivity index (χ0) is 20.3. The number of halogens is 4. The van der Waals surface area contributed by atoms with Crippen molar-refractivity contribution in [1.29, 1.82) is 0 Å². The van der Waals surface area contributed by atoms with E-state index in [1.54, 1.807) is 24.3 Å². The molecule has 0 atom stereocenters. The monoisotopic (exact) mass is 453 g/mol. The molecule has 2 N–H and O–H groups in total. The van der Waals surface area contributed by atoms with E-state index in [9.17, 15) is 23.3 Å². The minimum atomic E-state index is -4.64. The molecule has 7 nitrogen and oxygen atoms in total. The summed E-state index contributed by atoms with van der Waals surface area (Å²) in [6, 6.07) is 11.4. The molecule has 0 unspecified atom stereocenters. The molecule has 3 aromatic rings. The molecule has 0 aliphatic rings. The number of nitro groups is 1. The summed E-state index contributed by atoms with van der Waals surface area (Å²) < 4.78 is 40.3. The average Bonchev–Trinajstić information content (AvgIpc) is 2.61. The molecule has 0 spiro atoms. The number of nitrogens with one attached hydrogen (secondary N) is 2. The highest BCUT2D eigenvalue weighted by Gasteiger charge is 2.34. The molecule has 0 saturated heterocycles. The first kappa shape index (κ1) is 19.5. The molecule has 0 bridgehead atoms. The molecule has 1 aromatic heterocycles. The molecule has 11 heteroatoms. The number of nitrogens with zero attached hydrogens (tertiary/aromatic N) is 3. The molecule has 144 valence electrons. The fourth-order valence-corrected chi connectivity index (χ4v) is 2.80. The van der Waals surface area contributed by atoms with Gasteiger partial charge < -0.3 is 10.6 Å². The van der Waals surface area contributed by atoms with Crippen LogP contribution < -0.4 is 10.6 Å². The van der Waals surface area contributed by atoms with Gasteiger partial charge in [0, 0.05) is 10.2 Å². The fourth-order valence-electron chi connectivity index (χ4n) is 2.40. The number of aromatic nitrogens is 2. The Morgan fingerprint density at radius 1 is 1.00 bits per heavy atom. The van der Waals surface area contributed by atoms with Crippen LogP contribution >= 0.6 is 15.9 Å². The van der Waals surface area contributed by atoms with E-state index in [2.05, 4.69) is 36.5 Å². The quantitative estimate of drug-likeness (QED) is 0.382. The van der Waals surface area contributed by atoms with Crippen molar-refractivity contribution in [2.75, 3.05) is 10.6 Å². The smallest absolute Gasteiger partial charge is 0.334 e. The maximum atomic E-state index is 13.2. The van der Waals surface area contributed by atoms with Crippen molar-refractivity contribution in [2.24, 2.45) is 0 Å². The van der Waals surface area contributed by atoms with Gasteiger partial charge in [-0.3, -0.25) is 10.1 Å².